The number of methoxy groups -OCH3 is 3. The minimum absolute atomic E-state index is 0.112. The van der Waals surface area contributed by atoms with Gasteiger partial charge in [0, 0.05) is 12.1 Å². The summed E-state index contributed by atoms with van der Waals surface area (Å²) in [5.74, 6) is 2.00. The van der Waals surface area contributed by atoms with E-state index in [-0.39, 0.29) is 5.54 Å². The summed E-state index contributed by atoms with van der Waals surface area (Å²) in [6, 6.07) is 3.94. The number of hydrogen-bond acceptors (Lipinski definition) is 4. The first kappa shape index (κ1) is 15.6. The average molecular weight is 267 g/mol. The molecule has 0 aliphatic heterocycles. The van der Waals surface area contributed by atoms with E-state index in [4.69, 9.17) is 14.2 Å². The van der Waals surface area contributed by atoms with Gasteiger partial charge in [0.25, 0.3) is 0 Å². The van der Waals surface area contributed by atoms with Gasteiger partial charge in [-0.2, -0.15) is 0 Å². The van der Waals surface area contributed by atoms with Crippen LogP contribution < -0.4 is 19.5 Å². The highest BCUT2D eigenvalue weighted by atomic mass is 16.5. The Balaban J connectivity index is 2.97. The summed E-state index contributed by atoms with van der Waals surface area (Å²) < 4.78 is 16.0. The minimum Gasteiger partial charge on any atom is -0.493 e. The third-order valence-electron chi connectivity index (χ3n) is 3.38. The van der Waals surface area contributed by atoms with Gasteiger partial charge in [0.15, 0.2) is 11.5 Å². The van der Waals surface area contributed by atoms with E-state index in [0.717, 1.165) is 18.5 Å². The van der Waals surface area contributed by atoms with E-state index >= 15 is 0 Å². The molecule has 4 nitrogen and oxygen atoms in total. The van der Waals surface area contributed by atoms with Crippen molar-refractivity contribution in [2.45, 2.75) is 39.3 Å². The summed E-state index contributed by atoms with van der Waals surface area (Å²) in [7, 11) is 4.87. The van der Waals surface area contributed by atoms with E-state index < -0.39 is 0 Å². The Morgan fingerprint density at radius 2 is 1.53 bits per heavy atom. The summed E-state index contributed by atoms with van der Waals surface area (Å²) in [5, 5.41) is 3.51. The third kappa shape index (κ3) is 4.03. The van der Waals surface area contributed by atoms with E-state index in [1.807, 2.05) is 12.1 Å². The van der Waals surface area contributed by atoms with Gasteiger partial charge in [0.2, 0.25) is 5.75 Å². The van der Waals surface area contributed by atoms with Crippen molar-refractivity contribution in [2.75, 3.05) is 21.3 Å². The molecule has 0 bridgehead atoms. The molecule has 0 saturated heterocycles. The van der Waals surface area contributed by atoms with Crippen LogP contribution in [0.4, 0.5) is 0 Å². The summed E-state index contributed by atoms with van der Waals surface area (Å²) in [6.45, 7) is 7.30. The van der Waals surface area contributed by atoms with Crippen LogP contribution >= 0.6 is 0 Å². The van der Waals surface area contributed by atoms with Gasteiger partial charge in [0.05, 0.1) is 21.3 Å². The van der Waals surface area contributed by atoms with Crippen LogP contribution in [-0.2, 0) is 6.54 Å². The second-order valence-corrected chi connectivity index (χ2v) is 5.12. The summed E-state index contributed by atoms with van der Waals surface area (Å²) >= 11 is 0. The molecule has 0 radical (unpaired) electrons. The van der Waals surface area contributed by atoms with Crippen molar-refractivity contribution in [3.63, 3.8) is 0 Å². The number of benzene rings is 1. The fraction of sp³-hybridized carbons (Fsp3) is 0.600. The van der Waals surface area contributed by atoms with E-state index in [0.29, 0.717) is 17.2 Å². The van der Waals surface area contributed by atoms with E-state index in [1.165, 1.54) is 0 Å². The predicted molar refractivity (Wildman–Crippen MR) is 77.3 cm³/mol. The molecule has 1 N–H and O–H groups in total. The van der Waals surface area contributed by atoms with Gasteiger partial charge in [0.1, 0.15) is 0 Å². The molecule has 4 heteroatoms. The number of ether oxygens (including phenoxy) is 3. The fourth-order valence-electron chi connectivity index (χ4n) is 1.70. The maximum Gasteiger partial charge on any atom is 0.203 e. The topological polar surface area (TPSA) is 39.7 Å². The molecule has 19 heavy (non-hydrogen) atoms. The quantitative estimate of drug-likeness (QED) is 0.824. The molecule has 1 rings (SSSR count). The molecule has 0 saturated carbocycles. The Labute approximate surface area is 116 Å². The second kappa shape index (κ2) is 6.66. The summed E-state index contributed by atoms with van der Waals surface area (Å²) in [5.41, 5.74) is 1.22. The molecular weight excluding hydrogens is 242 g/mol. The highest BCUT2D eigenvalue weighted by Gasteiger charge is 2.16. The minimum atomic E-state index is 0.112. The van der Waals surface area contributed by atoms with Crippen LogP contribution in [0.15, 0.2) is 12.1 Å². The van der Waals surface area contributed by atoms with Gasteiger partial charge < -0.3 is 19.5 Å². The first-order valence-corrected chi connectivity index (χ1v) is 6.51. The lowest BCUT2D eigenvalue weighted by atomic mass is 10.0. The van der Waals surface area contributed by atoms with Crippen LogP contribution in [0.1, 0.15) is 32.8 Å². The molecule has 0 spiro atoms. The third-order valence-corrected chi connectivity index (χ3v) is 3.38. The monoisotopic (exact) mass is 267 g/mol. The van der Waals surface area contributed by atoms with Crippen LogP contribution in [0.5, 0.6) is 17.2 Å². The molecule has 0 amide bonds. The zero-order valence-corrected chi connectivity index (χ0v) is 12.8. The molecule has 0 atom stereocenters. The van der Waals surface area contributed by atoms with Gasteiger partial charge in [-0.1, -0.05) is 6.92 Å². The lowest BCUT2D eigenvalue weighted by Crippen LogP contribution is -2.37. The molecule has 0 unspecified atom stereocenters. The summed E-state index contributed by atoms with van der Waals surface area (Å²) in [6.07, 6.45) is 1.07. The Kier molecular flexibility index (Phi) is 5.48. The molecule has 0 aliphatic carbocycles. The van der Waals surface area contributed by atoms with Crippen LogP contribution in [0.2, 0.25) is 0 Å². The van der Waals surface area contributed by atoms with E-state index in [9.17, 15) is 0 Å². The normalized spacial score (nSPS) is 11.3. The first-order valence-electron chi connectivity index (χ1n) is 6.51. The van der Waals surface area contributed by atoms with Crippen LogP contribution in [0, 0.1) is 0 Å². The molecule has 0 fully saturated rings. The average Bonchev–Trinajstić information content (AvgIpc) is 2.43. The molecular formula is C15H25NO3. The van der Waals surface area contributed by atoms with Gasteiger partial charge in [-0.3, -0.25) is 0 Å². The van der Waals surface area contributed by atoms with Crippen molar-refractivity contribution in [3.8, 4) is 17.2 Å². The SMILES string of the molecule is CCC(C)(C)NCc1cc(OC)c(OC)c(OC)c1. The van der Waals surface area contributed by atoms with Crippen molar-refractivity contribution in [1.29, 1.82) is 0 Å². The largest absolute Gasteiger partial charge is 0.493 e. The molecule has 1 aromatic carbocycles. The van der Waals surface area contributed by atoms with Gasteiger partial charge in [-0.05, 0) is 38.0 Å². The summed E-state index contributed by atoms with van der Waals surface area (Å²) in [4.78, 5) is 0. The van der Waals surface area contributed by atoms with Crippen LogP contribution in [-0.4, -0.2) is 26.9 Å². The van der Waals surface area contributed by atoms with Crippen molar-refractivity contribution < 1.29 is 14.2 Å². The Morgan fingerprint density at radius 3 is 1.89 bits per heavy atom. The van der Waals surface area contributed by atoms with Gasteiger partial charge in [-0.15, -0.1) is 0 Å². The molecule has 1 aromatic rings. The maximum absolute atomic E-state index is 5.34. The maximum atomic E-state index is 5.34. The van der Waals surface area contributed by atoms with Crippen molar-refractivity contribution >= 4 is 0 Å². The van der Waals surface area contributed by atoms with E-state index in [2.05, 4.69) is 26.1 Å². The Hall–Kier alpha value is -1.42. The van der Waals surface area contributed by atoms with Crippen molar-refractivity contribution in [3.05, 3.63) is 17.7 Å². The zero-order valence-electron chi connectivity index (χ0n) is 12.8. The highest BCUT2D eigenvalue weighted by Crippen LogP contribution is 2.38. The Bertz CT molecular complexity index is 391. The van der Waals surface area contributed by atoms with Crippen molar-refractivity contribution in [2.24, 2.45) is 0 Å². The number of hydrogen-bond donors (Lipinski definition) is 1. The van der Waals surface area contributed by atoms with E-state index in [1.54, 1.807) is 21.3 Å². The Morgan fingerprint density at radius 1 is 1.00 bits per heavy atom. The van der Waals surface area contributed by atoms with Gasteiger partial charge >= 0.3 is 0 Å². The molecule has 0 heterocycles. The highest BCUT2D eigenvalue weighted by molar-refractivity contribution is 5.53. The molecule has 0 aromatic heterocycles. The van der Waals surface area contributed by atoms with Crippen molar-refractivity contribution in [1.82, 2.24) is 5.32 Å². The number of rotatable bonds is 7. The molecule has 108 valence electrons. The second-order valence-electron chi connectivity index (χ2n) is 5.12. The lowest BCUT2D eigenvalue weighted by Gasteiger charge is -2.25. The van der Waals surface area contributed by atoms with Gasteiger partial charge in [-0.25, -0.2) is 0 Å². The zero-order chi connectivity index (χ0) is 14.5. The number of nitrogens with one attached hydrogen (secondary N) is 1. The predicted octanol–water partition coefficient (Wildman–Crippen LogP) is 2.99. The standard InChI is InChI=1S/C15H25NO3/c1-7-15(2,3)16-10-11-8-12(17-4)14(19-6)13(9-11)18-5/h8-9,16H,7,10H2,1-6H3. The fourth-order valence-corrected chi connectivity index (χ4v) is 1.70. The molecule has 0 aliphatic rings. The first-order chi connectivity index (χ1) is 8.97. The lowest BCUT2D eigenvalue weighted by molar-refractivity contribution is 0.322. The smallest absolute Gasteiger partial charge is 0.203 e. The van der Waals surface area contributed by atoms with Crippen LogP contribution in [0.25, 0.3) is 0 Å². The van der Waals surface area contributed by atoms with Crippen LogP contribution in [0.3, 0.4) is 0 Å².